The molecule has 0 aliphatic carbocycles. The first-order valence-corrected chi connectivity index (χ1v) is 7.28. The van der Waals surface area contributed by atoms with Crippen LogP contribution in [0.3, 0.4) is 0 Å². The molecule has 1 heterocycles. The average molecular weight is 263 g/mol. The molecule has 1 aromatic carbocycles. The Morgan fingerprint density at radius 1 is 1.32 bits per heavy atom. The quantitative estimate of drug-likeness (QED) is 0.856. The molecule has 1 saturated heterocycles. The van der Waals surface area contributed by atoms with Crippen LogP contribution in [0.5, 0.6) is 5.75 Å². The highest BCUT2D eigenvalue weighted by Gasteiger charge is 2.14. The highest BCUT2D eigenvalue weighted by molar-refractivity contribution is 5.27. The molecule has 1 fully saturated rings. The van der Waals surface area contributed by atoms with E-state index in [1.54, 1.807) is 0 Å². The minimum absolute atomic E-state index is 0.276. The van der Waals surface area contributed by atoms with Crippen LogP contribution in [0.2, 0.25) is 0 Å². The van der Waals surface area contributed by atoms with Gasteiger partial charge in [0.05, 0.1) is 6.10 Å². The first-order valence-electron chi connectivity index (χ1n) is 7.28. The topological polar surface area (TPSA) is 30.5 Å². The van der Waals surface area contributed by atoms with Crippen LogP contribution in [0.4, 0.5) is 0 Å². The van der Waals surface area contributed by atoms with Gasteiger partial charge in [0.2, 0.25) is 0 Å². The SMILES string of the molecule is CNC(C)Cc1ccc(OCC2CCCCO2)cc1. The Morgan fingerprint density at radius 3 is 2.74 bits per heavy atom. The Hall–Kier alpha value is -1.06. The summed E-state index contributed by atoms with van der Waals surface area (Å²) >= 11 is 0. The summed E-state index contributed by atoms with van der Waals surface area (Å²) in [6.07, 6.45) is 4.89. The van der Waals surface area contributed by atoms with E-state index in [1.807, 2.05) is 7.05 Å². The number of hydrogen-bond acceptors (Lipinski definition) is 3. The molecule has 2 rings (SSSR count). The van der Waals surface area contributed by atoms with Crippen molar-refractivity contribution in [3.05, 3.63) is 29.8 Å². The van der Waals surface area contributed by atoms with Gasteiger partial charge in [-0.2, -0.15) is 0 Å². The molecule has 1 aliphatic heterocycles. The third kappa shape index (κ3) is 4.84. The van der Waals surface area contributed by atoms with Gasteiger partial charge in [0.15, 0.2) is 0 Å². The minimum atomic E-state index is 0.276. The Balaban J connectivity index is 1.77. The van der Waals surface area contributed by atoms with E-state index in [0.717, 1.165) is 25.2 Å². The van der Waals surface area contributed by atoms with Crippen molar-refractivity contribution in [2.24, 2.45) is 0 Å². The molecule has 0 spiro atoms. The van der Waals surface area contributed by atoms with Crippen molar-refractivity contribution in [2.45, 2.75) is 44.8 Å². The average Bonchev–Trinajstić information content (AvgIpc) is 2.47. The van der Waals surface area contributed by atoms with E-state index in [9.17, 15) is 0 Å². The summed E-state index contributed by atoms with van der Waals surface area (Å²) in [5.41, 5.74) is 1.34. The first kappa shape index (κ1) is 14.4. The zero-order chi connectivity index (χ0) is 13.5. The summed E-state index contributed by atoms with van der Waals surface area (Å²) in [5.74, 6) is 0.940. The number of likely N-dealkylation sites (N-methyl/N-ethyl adjacent to an activating group) is 1. The van der Waals surface area contributed by atoms with Crippen LogP contribution in [0, 0.1) is 0 Å². The van der Waals surface area contributed by atoms with Gasteiger partial charge in [0.25, 0.3) is 0 Å². The fraction of sp³-hybridized carbons (Fsp3) is 0.625. The summed E-state index contributed by atoms with van der Waals surface area (Å²) in [6.45, 7) is 3.74. The molecule has 0 aromatic heterocycles. The number of hydrogen-bond donors (Lipinski definition) is 1. The highest BCUT2D eigenvalue weighted by Crippen LogP contribution is 2.17. The number of benzene rings is 1. The maximum Gasteiger partial charge on any atom is 0.119 e. The van der Waals surface area contributed by atoms with Crippen molar-refractivity contribution >= 4 is 0 Å². The van der Waals surface area contributed by atoms with Gasteiger partial charge in [-0.25, -0.2) is 0 Å². The fourth-order valence-corrected chi connectivity index (χ4v) is 2.31. The van der Waals surface area contributed by atoms with Crippen LogP contribution in [0.15, 0.2) is 24.3 Å². The van der Waals surface area contributed by atoms with Crippen molar-refractivity contribution in [3.8, 4) is 5.75 Å². The molecular weight excluding hydrogens is 238 g/mol. The van der Waals surface area contributed by atoms with Crippen LogP contribution in [0.25, 0.3) is 0 Å². The zero-order valence-electron chi connectivity index (χ0n) is 12.0. The van der Waals surface area contributed by atoms with Gasteiger partial charge in [-0.05, 0) is 57.4 Å². The second-order valence-electron chi connectivity index (χ2n) is 5.34. The van der Waals surface area contributed by atoms with Crippen molar-refractivity contribution < 1.29 is 9.47 Å². The molecule has 0 saturated carbocycles. The van der Waals surface area contributed by atoms with Gasteiger partial charge in [0.1, 0.15) is 12.4 Å². The second-order valence-corrected chi connectivity index (χ2v) is 5.34. The van der Waals surface area contributed by atoms with E-state index in [0.29, 0.717) is 12.6 Å². The van der Waals surface area contributed by atoms with Crippen molar-refractivity contribution in [1.82, 2.24) is 5.32 Å². The van der Waals surface area contributed by atoms with Crippen molar-refractivity contribution in [1.29, 1.82) is 0 Å². The Labute approximate surface area is 116 Å². The molecular formula is C16H25NO2. The van der Waals surface area contributed by atoms with Crippen molar-refractivity contribution in [2.75, 3.05) is 20.3 Å². The first-order chi connectivity index (χ1) is 9.28. The molecule has 3 nitrogen and oxygen atoms in total. The van der Waals surface area contributed by atoms with Crippen LogP contribution >= 0.6 is 0 Å². The van der Waals surface area contributed by atoms with E-state index < -0.39 is 0 Å². The largest absolute Gasteiger partial charge is 0.491 e. The fourth-order valence-electron chi connectivity index (χ4n) is 2.31. The summed E-state index contributed by atoms with van der Waals surface area (Å²) in [5, 5.41) is 3.25. The molecule has 0 bridgehead atoms. The molecule has 106 valence electrons. The van der Waals surface area contributed by atoms with Gasteiger partial charge in [-0.15, -0.1) is 0 Å². The van der Waals surface area contributed by atoms with Gasteiger partial charge in [0, 0.05) is 12.6 Å². The lowest BCUT2D eigenvalue weighted by Gasteiger charge is -2.22. The second kappa shape index (κ2) is 7.51. The normalized spacial score (nSPS) is 21.1. The van der Waals surface area contributed by atoms with Crippen LogP contribution in [-0.4, -0.2) is 32.4 Å². The molecule has 2 unspecified atom stereocenters. The third-order valence-corrected chi connectivity index (χ3v) is 3.67. The summed E-state index contributed by atoms with van der Waals surface area (Å²) in [4.78, 5) is 0. The summed E-state index contributed by atoms with van der Waals surface area (Å²) in [7, 11) is 1.99. The molecule has 1 N–H and O–H groups in total. The third-order valence-electron chi connectivity index (χ3n) is 3.67. The number of nitrogens with one attached hydrogen (secondary N) is 1. The Bertz CT molecular complexity index is 358. The maximum absolute atomic E-state index is 5.79. The van der Waals surface area contributed by atoms with Gasteiger partial charge >= 0.3 is 0 Å². The lowest BCUT2D eigenvalue weighted by Crippen LogP contribution is -2.25. The van der Waals surface area contributed by atoms with Crippen molar-refractivity contribution in [3.63, 3.8) is 0 Å². The van der Waals surface area contributed by atoms with Crippen LogP contribution in [0.1, 0.15) is 31.7 Å². The minimum Gasteiger partial charge on any atom is -0.491 e. The lowest BCUT2D eigenvalue weighted by atomic mass is 10.1. The monoisotopic (exact) mass is 263 g/mol. The summed E-state index contributed by atoms with van der Waals surface area (Å²) < 4.78 is 11.4. The van der Waals surface area contributed by atoms with Gasteiger partial charge < -0.3 is 14.8 Å². The van der Waals surface area contributed by atoms with E-state index in [-0.39, 0.29) is 6.10 Å². The predicted molar refractivity (Wildman–Crippen MR) is 77.8 cm³/mol. The van der Waals surface area contributed by atoms with E-state index >= 15 is 0 Å². The van der Waals surface area contributed by atoms with E-state index in [2.05, 4.69) is 36.5 Å². The molecule has 0 amide bonds. The predicted octanol–water partition coefficient (Wildman–Crippen LogP) is 2.78. The highest BCUT2D eigenvalue weighted by atomic mass is 16.5. The molecule has 2 atom stereocenters. The molecule has 3 heteroatoms. The Morgan fingerprint density at radius 2 is 2.11 bits per heavy atom. The number of ether oxygens (including phenoxy) is 2. The standard InChI is InChI=1S/C16H25NO2/c1-13(17-2)11-14-6-8-15(9-7-14)19-12-16-5-3-4-10-18-16/h6-9,13,16-17H,3-5,10-12H2,1-2H3. The molecule has 19 heavy (non-hydrogen) atoms. The zero-order valence-corrected chi connectivity index (χ0v) is 12.0. The van der Waals surface area contributed by atoms with Crippen LogP contribution in [-0.2, 0) is 11.2 Å². The van der Waals surface area contributed by atoms with Gasteiger partial charge in [-0.3, -0.25) is 0 Å². The maximum atomic E-state index is 5.79. The number of rotatable bonds is 6. The van der Waals surface area contributed by atoms with Crippen LogP contribution < -0.4 is 10.1 Å². The van der Waals surface area contributed by atoms with E-state index in [1.165, 1.54) is 18.4 Å². The smallest absolute Gasteiger partial charge is 0.119 e. The lowest BCUT2D eigenvalue weighted by molar-refractivity contribution is -0.0110. The molecule has 1 aromatic rings. The molecule has 1 aliphatic rings. The molecule has 0 radical (unpaired) electrons. The Kier molecular flexibility index (Phi) is 5.67. The van der Waals surface area contributed by atoms with E-state index in [4.69, 9.17) is 9.47 Å². The summed E-state index contributed by atoms with van der Waals surface area (Å²) in [6, 6.07) is 8.90. The van der Waals surface area contributed by atoms with Gasteiger partial charge in [-0.1, -0.05) is 12.1 Å².